The van der Waals surface area contributed by atoms with Gasteiger partial charge in [-0.1, -0.05) is 5.16 Å². The maximum atomic E-state index is 13.6. The fraction of sp³-hybridized carbons (Fsp3) is 0.385. The number of nitriles is 1. The van der Waals surface area contributed by atoms with Crippen molar-refractivity contribution in [1.29, 1.82) is 5.26 Å². The SMILES string of the molecule is N#Cc1ccc(F)c(CN2CCC(=NO)CC2)c1. The Labute approximate surface area is 105 Å². The Hall–Kier alpha value is -1.93. The number of hydrogen-bond acceptors (Lipinski definition) is 4. The van der Waals surface area contributed by atoms with Gasteiger partial charge in [-0.25, -0.2) is 4.39 Å². The van der Waals surface area contributed by atoms with Gasteiger partial charge in [0.25, 0.3) is 0 Å². The van der Waals surface area contributed by atoms with Gasteiger partial charge in [0, 0.05) is 38.0 Å². The van der Waals surface area contributed by atoms with E-state index >= 15 is 0 Å². The van der Waals surface area contributed by atoms with E-state index in [1.54, 1.807) is 6.07 Å². The van der Waals surface area contributed by atoms with Crippen molar-refractivity contribution in [2.24, 2.45) is 5.16 Å². The third-order valence-electron chi connectivity index (χ3n) is 3.14. The van der Waals surface area contributed by atoms with Gasteiger partial charge in [0.15, 0.2) is 0 Å². The molecule has 1 saturated heterocycles. The van der Waals surface area contributed by atoms with Gasteiger partial charge in [-0.2, -0.15) is 5.26 Å². The molecule has 94 valence electrons. The van der Waals surface area contributed by atoms with E-state index in [4.69, 9.17) is 10.5 Å². The van der Waals surface area contributed by atoms with Gasteiger partial charge in [-0.3, -0.25) is 4.90 Å². The number of halogens is 1. The van der Waals surface area contributed by atoms with Crippen LogP contribution in [0.2, 0.25) is 0 Å². The van der Waals surface area contributed by atoms with E-state index in [1.807, 2.05) is 6.07 Å². The summed E-state index contributed by atoms with van der Waals surface area (Å²) < 4.78 is 13.6. The quantitative estimate of drug-likeness (QED) is 0.643. The third-order valence-corrected chi connectivity index (χ3v) is 3.14. The van der Waals surface area contributed by atoms with Crippen LogP contribution in [-0.2, 0) is 6.54 Å². The van der Waals surface area contributed by atoms with Crippen LogP contribution in [0.3, 0.4) is 0 Å². The Kier molecular flexibility index (Phi) is 3.90. The van der Waals surface area contributed by atoms with E-state index in [1.165, 1.54) is 12.1 Å². The van der Waals surface area contributed by atoms with Gasteiger partial charge >= 0.3 is 0 Å². The maximum absolute atomic E-state index is 13.6. The number of hydrogen-bond donors (Lipinski definition) is 1. The standard InChI is InChI=1S/C13H14FN3O/c14-13-2-1-10(8-15)7-11(13)9-17-5-3-12(16-18)4-6-17/h1-2,7,18H,3-6,9H2. The molecular weight excluding hydrogens is 233 g/mol. The van der Waals surface area contributed by atoms with Crippen molar-refractivity contribution in [3.8, 4) is 6.07 Å². The highest BCUT2D eigenvalue weighted by molar-refractivity contribution is 5.84. The van der Waals surface area contributed by atoms with E-state index in [9.17, 15) is 4.39 Å². The number of benzene rings is 1. The molecule has 0 aliphatic carbocycles. The number of oxime groups is 1. The summed E-state index contributed by atoms with van der Waals surface area (Å²) in [7, 11) is 0. The Morgan fingerprint density at radius 2 is 2.11 bits per heavy atom. The molecule has 0 atom stereocenters. The molecule has 2 rings (SSSR count). The maximum Gasteiger partial charge on any atom is 0.127 e. The smallest absolute Gasteiger partial charge is 0.127 e. The average Bonchev–Trinajstić information content (AvgIpc) is 2.42. The van der Waals surface area contributed by atoms with Crippen LogP contribution < -0.4 is 0 Å². The van der Waals surface area contributed by atoms with Crippen LogP contribution in [-0.4, -0.2) is 28.9 Å². The van der Waals surface area contributed by atoms with Crippen LogP contribution in [0.5, 0.6) is 0 Å². The summed E-state index contributed by atoms with van der Waals surface area (Å²) in [5.41, 5.74) is 1.80. The minimum atomic E-state index is -0.282. The number of piperidine rings is 1. The molecule has 1 fully saturated rings. The molecule has 5 heteroatoms. The third kappa shape index (κ3) is 2.84. The van der Waals surface area contributed by atoms with Crippen molar-refractivity contribution in [2.75, 3.05) is 13.1 Å². The Morgan fingerprint density at radius 3 is 2.72 bits per heavy atom. The van der Waals surface area contributed by atoms with Gasteiger partial charge < -0.3 is 5.21 Å². The lowest BCUT2D eigenvalue weighted by Gasteiger charge is -2.27. The van der Waals surface area contributed by atoms with Crippen molar-refractivity contribution in [3.05, 3.63) is 35.1 Å². The predicted octanol–water partition coefficient (Wildman–Crippen LogP) is 2.12. The second-order valence-corrected chi connectivity index (χ2v) is 4.36. The molecule has 0 spiro atoms. The zero-order chi connectivity index (χ0) is 13.0. The molecule has 1 aromatic carbocycles. The largest absolute Gasteiger partial charge is 0.411 e. The number of likely N-dealkylation sites (tertiary alicyclic amines) is 1. The summed E-state index contributed by atoms with van der Waals surface area (Å²) in [5, 5.41) is 20.7. The lowest BCUT2D eigenvalue weighted by molar-refractivity contribution is 0.253. The topological polar surface area (TPSA) is 59.6 Å². The first-order valence-electron chi connectivity index (χ1n) is 5.83. The van der Waals surface area contributed by atoms with Crippen LogP contribution in [0, 0.1) is 17.1 Å². The molecule has 0 amide bonds. The van der Waals surface area contributed by atoms with Crippen LogP contribution in [0.1, 0.15) is 24.0 Å². The van der Waals surface area contributed by atoms with Crippen LogP contribution >= 0.6 is 0 Å². The van der Waals surface area contributed by atoms with Crippen molar-refractivity contribution in [2.45, 2.75) is 19.4 Å². The summed E-state index contributed by atoms with van der Waals surface area (Å²) in [6, 6.07) is 6.41. The molecule has 0 aromatic heterocycles. The Balaban J connectivity index is 2.04. The van der Waals surface area contributed by atoms with E-state index < -0.39 is 0 Å². The molecule has 0 radical (unpaired) electrons. The van der Waals surface area contributed by atoms with Crippen molar-refractivity contribution in [1.82, 2.24) is 4.90 Å². The fourth-order valence-corrected chi connectivity index (χ4v) is 2.08. The van der Waals surface area contributed by atoms with Gasteiger partial charge in [0.05, 0.1) is 17.3 Å². The second kappa shape index (κ2) is 5.61. The summed E-state index contributed by atoms with van der Waals surface area (Å²) in [6.07, 6.45) is 1.41. The molecule has 1 aliphatic heterocycles. The summed E-state index contributed by atoms with van der Waals surface area (Å²) in [5.74, 6) is -0.282. The monoisotopic (exact) mass is 247 g/mol. The normalized spacial score (nSPS) is 16.3. The minimum absolute atomic E-state index is 0.282. The lowest BCUT2D eigenvalue weighted by Crippen LogP contribution is -2.33. The molecule has 1 heterocycles. The average molecular weight is 247 g/mol. The van der Waals surface area contributed by atoms with E-state index in [0.717, 1.165) is 18.8 Å². The fourth-order valence-electron chi connectivity index (χ4n) is 2.08. The van der Waals surface area contributed by atoms with Crippen LogP contribution in [0.15, 0.2) is 23.4 Å². The van der Waals surface area contributed by atoms with Gasteiger partial charge in [0.2, 0.25) is 0 Å². The molecule has 0 unspecified atom stereocenters. The Bertz CT molecular complexity index is 497. The van der Waals surface area contributed by atoms with Crippen molar-refractivity contribution in [3.63, 3.8) is 0 Å². The van der Waals surface area contributed by atoms with E-state index in [-0.39, 0.29) is 5.82 Å². The second-order valence-electron chi connectivity index (χ2n) is 4.36. The highest BCUT2D eigenvalue weighted by Gasteiger charge is 2.17. The first-order chi connectivity index (χ1) is 8.72. The molecule has 1 N–H and O–H groups in total. The molecular formula is C13H14FN3O. The summed E-state index contributed by atoms with van der Waals surface area (Å²) >= 11 is 0. The zero-order valence-corrected chi connectivity index (χ0v) is 9.93. The lowest BCUT2D eigenvalue weighted by atomic mass is 10.1. The Morgan fingerprint density at radius 1 is 1.39 bits per heavy atom. The first-order valence-corrected chi connectivity index (χ1v) is 5.83. The minimum Gasteiger partial charge on any atom is -0.411 e. The summed E-state index contributed by atoms with van der Waals surface area (Å²) in [4.78, 5) is 2.09. The first kappa shape index (κ1) is 12.5. The predicted molar refractivity (Wildman–Crippen MR) is 64.8 cm³/mol. The van der Waals surface area contributed by atoms with Gasteiger partial charge in [0.1, 0.15) is 5.82 Å². The van der Waals surface area contributed by atoms with Crippen molar-refractivity contribution >= 4 is 5.71 Å². The van der Waals surface area contributed by atoms with Crippen LogP contribution in [0.4, 0.5) is 4.39 Å². The summed E-state index contributed by atoms with van der Waals surface area (Å²) in [6.45, 7) is 1.98. The molecule has 1 aliphatic rings. The molecule has 1 aromatic rings. The van der Waals surface area contributed by atoms with Gasteiger partial charge in [-0.05, 0) is 18.2 Å². The molecule has 0 bridgehead atoms. The highest BCUT2D eigenvalue weighted by Crippen LogP contribution is 2.16. The van der Waals surface area contributed by atoms with Gasteiger partial charge in [-0.15, -0.1) is 0 Å². The van der Waals surface area contributed by atoms with Crippen LogP contribution in [0.25, 0.3) is 0 Å². The van der Waals surface area contributed by atoms with E-state index in [0.29, 0.717) is 30.5 Å². The van der Waals surface area contributed by atoms with E-state index in [2.05, 4.69) is 10.1 Å². The highest BCUT2D eigenvalue weighted by atomic mass is 19.1. The van der Waals surface area contributed by atoms with Crippen molar-refractivity contribution < 1.29 is 9.60 Å². The number of nitrogens with zero attached hydrogens (tertiary/aromatic N) is 3. The zero-order valence-electron chi connectivity index (χ0n) is 9.93. The molecule has 0 saturated carbocycles. The number of rotatable bonds is 2. The molecule has 18 heavy (non-hydrogen) atoms. The molecule has 4 nitrogen and oxygen atoms in total.